The highest BCUT2D eigenvalue weighted by molar-refractivity contribution is 6.00. The van der Waals surface area contributed by atoms with Crippen molar-refractivity contribution >= 4 is 17.6 Å². The molecular weight excluding hydrogens is 326 g/mol. The SMILES string of the molecule is COC(=O)c1cccc2c1OCCN2C(=O)Cn1nnnc1C(C)C. The fourth-order valence-corrected chi connectivity index (χ4v) is 2.73. The lowest BCUT2D eigenvalue weighted by Crippen LogP contribution is -2.40. The molecule has 0 fully saturated rings. The highest BCUT2D eigenvalue weighted by Crippen LogP contribution is 2.35. The maximum absolute atomic E-state index is 12.8. The zero-order valence-corrected chi connectivity index (χ0v) is 14.3. The number of aromatic nitrogens is 4. The first-order chi connectivity index (χ1) is 12.0. The molecule has 1 aliphatic heterocycles. The molecule has 132 valence electrons. The predicted molar refractivity (Wildman–Crippen MR) is 87.5 cm³/mol. The van der Waals surface area contributed by atoms with E-state index in [2.05, 4.69) is 15.5 Å². The number of rotatable bonds is 4. The van der Waals surface area contributed by atoms with E-state index in [4.69, 9.17) is 9.47 Å². The van der Waals surface area contributed by atoms with Crippen LogP contribution in [0, 0.1) is 0 Å². The van der Waals surface area contributed by atoms with Crippen molar-refractivity contribution in [3.63, 3.8) is 0 Å². The molecule has 2 heterocycles. The van der Waals surface area contributed by atoms with E-state index in [1.807, 2.05) is 13.8 Å². The van der Waals surface area contributed by atoms with Gasteiger partial charge in [0.25, 0.3) is 0 Å². The molecule has 0 bridgehead atoms. The Morgan fingerprint density at radius 1 is 1.36 bits per heavy atom. The van der Waals surface area contributed by atoms with Gasteiger partial charge >= 0.3 is 5.97 Å². The smallest absolute Gasteiger partial charge is 0.341 e. The van der Waals surface area contributed by atoms with Gasteiger partial charge in [-0.1, -0.05) is 19.9 Å². The lowest BCUT2D eigenvalue weighted by atomic mass is 10.1. The van der Waals surface area contributed by atoms with Crippen LogP contribution in [-0.4, -0.2) is 52.3 Å². The standard InChI is InChI=1S/C16H19N5O4/c1-10(2)15-17-18-19-21(15)9-13(22)20-7-8-25-14-11(16(23)24-3)5-4-6-12(14)20/h4-6,10H,7-9H2,1-3H3. The molecule has 0 unspecified atom stereocenters. The Balaban J connectivity index is 1.89. The molecule has 9 nitrogen and oxygen atoms in total. The summed E-state index contributed by atoms with van der Waals surface area (Å²) in [5.41, 5.74) is 0.834. The summed E-state index contributed by atoms with van der Waals surface area (Å²) >= 11 is 0. The van der Waals surface area contributed by atoms with E-state index in [1.54, 1.807) is 23.1 Å². The van der Waals surface area contributed by atoms with Crippen LogP contribution < -0.4 is 9.64 Å². The molecule has 0 atom stereocenters. The number of fused-ring (bicyclic) bond motifs is 1. The second kappa shape index (κ2) is 6.88. The van der Waals surface area contributed by atoms with E-state index >= 15 is 0 Å². The average Bonchev–Trinajstić information content (AvgIpc) is 3.08. The molecule has 1 aliphatic rings. The van der Waals surface area contributed by atoms with Gasteiger partial charge in [-0.3, -0.25) is 4.79 Å². The van der Waals surface area contributed by atoms with E-state index in [-0.39, 0.29) is 18.4 Å². The minimum absolute atomic E-state index is 0.0163. The summed E-state index contributed by atoms with van der Waals surface area (Å²) in [6.45, 7) is 4.61. The first-order valence-corrected chi connectivity index (χ1v) is 7.93. The fraction of sp³-hybridized carbons (Fsp3) is 0.438. The van der Waals surface area contributed by atoms with Crippen molar-refractivity contribution in [2.45, 2.75) is 26.3 Å². The highest BCUT2D eigenvalue weighted by Gasteiger charge is 2.28. The van der Waals surface area contributed by atoms with Gasteiger partial charge < -0.3 is 14.4 Å². The number of tetrazole rings is 1. The Kier molecular flexibility index (Phi) is 4.64. The zero-order chi connectivity index (χ0) is 18.0. The van der Waals surface area contributed by atoms with Gasteiger partial charge in [-0.05, 0) is 22.6 Å². The molecular formula is C16H19N5O4. The van der Waals surface area contributed by atoms with Crippen molar-refractivity contribution in [3.8, 4) is 5.75 Å². The normalized spacial score (nSPS) is 13.4. The number of hydrogen-bond acceptors (Lipinski definition) is 7. The largest absolute Gasteiger partial charge is 0.489 e. The summed E-state index contributed by atoms with van der Waals surface area (Å²) in [5, 5.41) is 11.5. The van der Waals surface area contributed by atoms with Gasteiger partial charge in [-0.25, -0.2) is 9.48 Å². The van der Waals surface area contributed by atoms with Gasteiger partial charge in [-0.2, -0.15) is 0 Å². The summed E-state index contributed by atoms with van der Waals surface area (Å²) in [6.07, 6.45) is 0. The molecule has 0 saturated heterocycles. The Morgan fingerprint density at radius 2 is 2.16 bits per heavy atom. The average molecular weight is 345 g/mol. The number of amides is 1. The van der Waals surface area contributed by atoms with Crippen LogP contribution >= 0.6 is 0 Å². The summed E-state index contributed by atoms with van der Waals surface area (Å²) in [5.74, 6) is 0.417. The Hall–Kier alpha value is -2.97. The summed E-state index contributed by atoms with van der Waals surface area (Å²) in [6, 6.07) is 5.04. The highest BCUT2D eigenvalue weighted by atomic mass is 16.5. The minimum Gasteiger partial charge on any atom is -0.489 e. The molecule has 1 aromatic heterocycles. The number of nitrogens with zero attached hydrogens (tertiary/aromatic N) is 5. The summed E-state index contributed by atoms with van der Waals surface area (Å²) in [7, 11) is 1.30. The van der Waals surface area contributed by atoms with Gasteiger partial charge in [0.15, 0.2) is 11.6 Å². The van der Waals surface area contributed by atoms with E-state index in [1.165, 1.54) is 11.8 Å². The van der Waals surface area contributed by atoms with Crippen LogP contribution in [-0.2, 0) is 16.1 Å². The molecule has 1 aromatic carbocycles. The number of carbonyl (C=O) groups excluding carboxylic acids is 2. The van der Waals surface area contributed by atoms with Crippen molar-refractivity contribution in [2.75, 3.05) is 25.2 Å². The van der Waals surface area contributed by atoms with E-state index < -0.39 is 5.97 Å². The molecule has 9 heteroatoms. The summed E-state index contributed by atoms with van der Waals surface area (Å²) < 4.78 is 11.9. The van der Waals surface area contributed by atoms with Gasteiger partial charge in [0.2, 0.25) is 5.91 Å². The third kappa shape index (κ3) is 3.17. The van der Waals surface area contributed by atoms with Crippen LogP contribution in [0.2, 0.25) is 0 Å². The number of carbonyl (C=O) groups is 2. The molecule has 0 radical (unpaired) electrons. The number of esters is 1. The maximum atomic E-state index is 12.8. The molecule has 25 heavy (non-hydrogen) atoms. The fourth-order valence-electron chi connectivity index (χ4n) is 2.73. The number of hydrogen-bond donors (Lipinski definition) is 0. The summed E-state index contributed by atoms with van der Waals surface area (Å²) in [4.78, 5) is 26.3. The van der Waals surface area contributed by atoms with Gasteiger partial charge in [0, 0.05) is 5.92 Å². The number of methoxy groups -OCH3 is 1. The second-order valence-corrected chi connectivity index (χ2v) is 5.89. The van der Waals surface area contributed by atoms with E-state index in [0.717, 1.165) is 0 Å². The topological polar surface area (TPSA) is 99.4 Å². The lowest BCUT2D eigenvalue weighted by Gasteiger charge is -2.30. The predicted octanol–water partition coefficient (Wildman–Crippen LogP) is 1.01. The number of ether oxygens (including phenoxy) is 2. The van der Waals surface area contributed by atoms with Crippen LogP contribution in [0.15, 0.2) is 18.2 Å². The van der Waals surface area contributed by atoms with Crippen LogP contribution in [0.1, 0.15) is 35.9 Å². The molecule has 1 amide bonds. The minimum atomic E-state index is -0.506. The molecule has 2 aromatic rings. The van der Waals surface area contributed by atoms with Crippen molar-refractivity contribution in [3.05, 3.63) is 29.6 Å². The van der Waals surface area contributed by atoms with Crippen LogP contribution in [0.4, 0.5) is 5.69 Å². The van der Waals surface area contributed by atoms with Crippen LogP contribution in [0.3, 0.4) is 0 Å². The molecule has 3 rings (SSSR count). The number of para-hydroxylation sites is 1. The van der Waals surface area contributed by atoms with Gasteiger partial charge in [-0.15, -0.1) is 5.10 Å². The van der Waals surface area contributed by atoms with Gasteiger partial charge in [0.1, 0.15) is 18.7 Å². The van der Waals surface area contributed by atoms with E-state index in [9.17, 15) is 9.59 Å². The van der Waals surface area contributed by atoms with Crippen LogP contribution in [0.25, 0.3) is 0 Å². The molecule has 0 aliphatic carbocycles. The maximum Gasteiger partial charge on any atom is 0.341 e. The molecule has 0 saturated carbocycles. The monoisotopic (exact) mass is 345 g/mol. The Bertz CT molecular complexity index is 802. The lowest BCUT2D eigenvalue weighted by molar-refractivity contribution is -0.119. The van der Waals surface area contributed by atoms with Crippen molar-refractivity contribution < 1.29 is 19.1 Å². The van der Waals surface area contributed by atoms with Crippen molar-refractivity contribution in [1.82, 2.24) is 20.2 Å². The number of anilines is 1. The first-order valence-electron chi connectivity index (χ1n) is 7.93. The van der Waals surface area contributed by atoms with Crippen molar-refractivity contribution in [2.24, 2.45) is 0 Å². The molecule has 0 N–H and O–H groups in total. The van der Waals surface area contributed by atoms with Gasteiger partial charge in [0.05, 0.1) is 19.3 Å². The first kappa shape index (κ1) is 16.9. The Morgan fingerprint density at radius 3 is 2.88 bits per heavy atom. The van der Waals surface area contributed by atoms with Crippen molar-refractivity contribution in [1.29, 1.82) is 0 Å². The van der Waals surface area contributed by atoms with Crippen LogP contribution in [0.5, 0.6) is 5.75 Å². The third-order valence-electron chi connectivity index (χ3n) is 3.91. The quantitative estimate of drug-likeness (QED) is 0.762. The van der Waals surface area contributed by atoms with E-state index in [0.29, 0.717) is 36.0 Å². The Labute approximate surface area is 144 Å². The zero-order valence-electron chi connectivity index (χ0n) is 14.3. The third-order valence-corrected chi connectivity index (χ3v) is 3.91. The second-order valence-electron chi connectivity index (χ2n) is 5.89. The molecule has 0 spiro atoms. The number of benzene rings is 1.